The van der Waals surface area contributed by atoms with Gasteiger partial charge in [-0.25, -0.2) is 0 Å². The monoisotopic (exact) mass is 98.1 g/mol. The van der Waals surface area contributed by atoms with E-state index in [1.165, 1.54) is 0 Å². The van der Waals surface area contributed by atoms with E-state index >= 15 is 0 Å². The molecule has 2 nitrogen and oxygen atoms in total. The third-order valence-electron chi connectivity index (χ3n) is 0.627. The van der Waals surface area contributed by atoms with Gasteiger partial charge in [-0.2, -0.15) is 5.26 Å². The van der Waals surface area contributed by atoms with Gasteiger partial charge in [-0.15, -0.1) is 0 Å². The van der Waals surface area contributed by atoms with Gasteiger partial charge in [0.05, 0.1) is 6.07 Å². The fourth-order valence-electron chi connectivity index (χ4n) is 0.258. The number of hydrogen-bond acceptors (Lipinski definition) is 2. The van der Waals surface area contributed by atoms with Gasteiger partial charge in [0.15, 0.2) is 0 Å². The first-order valence-corrected chi connectivity index (χ1v) is 2.18. The first-order valence-electron chi connectivity index (χ1n) is 2.18. The molecule has 0 aromatic carbocycles. The molecule has 39 valence electrons. The standard InChI is InChI=1S/C5H8NO/c1-2-3-5(7)4-6/h5,7H,1-3H2. The van der Waals surface area contributed by atoms with E-state index < -0.39 is 6.10 Å². The highest BCUT2D eigenvalue weighted by Gasteiger charge is 1.94. The van der Waals surface area contributed by atoms with E-state index in [9.17, 15) is 0 Å². The molecule has 0 spiro atoms. The van der Waals surface area contributed by atoms with Gasteiger partial charge in [-0.3, -0.25) is 0 Å². The Bertz CT molecular complexity index is 74.6. The third-order valence-corrected chi connectivity index (χ3v) is 0.627. The summed E-state index contributed by atoms with van der Waals surface area (Å²) in [5.74, 6) is 0. The second-order valence-electron chi connectivity index (χ2n) is 1.29. The molecule has 1 radical (unpaired) electrons. The summed E-state index contributed by atoms with van der Waals surface area (Å²) in [5.41, 5.74) is 0. The van der Waals surface area contributed by atoms with Gasteiger partial charge < -0.3 is 5.11 Å². The summed E-state index contributed by atoms with van der Waals surface area (Å²) < 4.78 is 0. The minimum atomic E-state index is -0.808. The van der Waals surface area contributed by atoms with Gasteiger partial charge in [0.2, 0.25) is 0 Å². The van der Waals surface area contributed by atoms with Crippen LogP contribution in [0, 0.1) is 18.3 Å². The lowest BCUT2D eigenvalue weighted by Gasteiger charge is -1.92. The average Bonchev–Trinajstić information content (AvgIpc) is 1.68. The van der Waals surface area contributed by atoms with Crippen LogP contribution in [0.5, 0.6) is 0 Å². The lowest BCUT2D eigenvalue weighted by atomic mass is 10.2. The summed E-state index contributed by atoms with van der Waals surface area (Å²) in [6.07, 6.45) is 0.295. The quantitative estimate of drug-likeness (QED) is 0.510. The molecule has 2 heteroatoms. The Morgan fingerprint density at radius 1 is 1.86 bits per heavy atom. The van der Waals surface area contributed by atoms with Crippen molar-refractivity contribution in [1.82, 2.24) is 0 Å². The molecule has 0 saturated heterocycles. The molecule has 0 heterocycles. The summed E-state index contributed by atoms with van der Waals surface area (Å²) in [6.45, 7) is 3.46. The summed E-state index contributed by atoms with van der Waals surface area (Å²) in [5, 5.41) is 16.4. The van der Waals surface area contributed by atoms with E-state index in [0.717, 1.165) is 0 Å². The van der Waals surface area contributed by atoms with Crippen LogP contribution in [0.3, 0.4) is 0 Å². The molecule has 0 amide bonds. The molecule has 0 aliphatic rings. The summed E-state index contributed by atoms with van der Waals surface area (Å²) >= 11 is 0. The van der Waals surface area contributed by atoms with Crippen LogP contribution in [0.2, 0.25) is 0 Å². The zero-order chi connectivity index (χ0) is 5.70. The van der Waals surface area contributed by atoms with Gasteiger partial charge in [0.25, 0.3) is 0 Å². The second kappa shape index (κ2) is 3.63. The molecule has 0 rings (SSSR count). The highest BCUT2D eigenvalue weighted by Crippen LogP contribution is 1.91. The maximum Gasteiger partial charge on any atom is 0.140 e. The lowest BCUT2D eigenvalue weighted by molar-refractivity contribution is 0.221. The Morgan fingerprint density at radius 3 is 2.57 bits per heavy atom. The molecular formula is C5H8NO. The average molecular weight is 98.1 g/mol. The SMILES string of the molecule is [CH2]CCC(O)C#N. The van der Waals surface area contributed by atoms with Crippen molar-refractivity contribution in [2.24, 2.45) is 0 Å². The van der Waals surface area contributed by atoms with Crippen LogP contribution in [0.4, 0.5) is 0 Å². The van der Waals surface area contributed by atoms with Gasteiger partial charge in [-0.1, -0.05) is 6.92 Å². The number of aliphatic hydroxyl groups is 1. The van der Waals surface area contributed by atoms with Crippen LogP contribution < -0.4 is 0 Å². The smallest absolute Gasteiger partial charge is 0.140 e. The highest BCUT2D eigenvalue weighted by molar-refractivity contribution is 4.81. The zero-order valence-corrected chi connectivity index (χ0v) is 4.09. The summed E-state index contributed by atoms with van der Waals surface area (Å²) in [4.78, 5) is 0. The predicted molar refractivity (Wildman–Crippen MR) is 26.2 cm³/mol. The van der Waals surface area contributed by atoms with Crippen molar-refractivity contribution >= 4 is 0 Å². The van der Waals surface area contributed by atoms with Crippen molar-refractivity contribution in [3.63, 3.8) is 0 Å². The van der Waals surface area contributed by atoms with Crippen molar-refractivity contribution in [3.05, 3.63) is 6.92 Å². The van der Waals surface area contributed by atoms with Crippen molar-refractivity contribution in [1.29, 1.82) is 5.26 Å². The maximum atomic E-state index is 8.46. The van der Waals surface area contributed by atoms with E-state index in [2.05, 4.69) is 6.92 Å². The van der Waals surface area contributed by atoms with Crippen LogP contribution in [0.25, 0.3) is 0 Å². The van der Waals surface area contributed by atoms with Crippen molar-refractivity contribution in [2.75, 3.05) is 0 Å². The molecule has 1 N–H and O–H groups in total. The van der Waals surface area contributed by atoms with Crippen LogP contribution in [0.1, 0.15) is 12.8 Å². The Balaban J connectivity index is 3.04. The van der Waals surface area contributed by atoms with Crippen molar-refractivity contribution < 1.29 is 5.11 Å². The third kappa shape index (κ3) is 3.28. The van der Waals surface area contributed by atoms with E-state index in [4.69, 9.17) is 10.4 Å². The first-order chi connectivity index (χ1) is 3.31. The molecule has 0 aromatic heterocycles. The molecule has 0 aromatic rings. The second-order valence-corrected chi connectivity index (χ2v) is 1.29. The molecular weight excluding hydrogens is 90.1 g/mol. The summed E-state index contributed by atoms with van der Waals surface area (Å²) in [7, 11) is 0. The number of hydrogen-bond donors (Lipinski definition) is 1. The molecule has 1 unspecified atom stereocenters. The van der Waals surface area contributed by atoms with E-state index in [1.807, 2.05) is 0 Å². The van der Waals surface area contributed by atoms with Crippen LogP contribution >= 0.6 is 0 Å². The first kappa shape index (κ1) is 6.45. The topological polar surface area (TPSA) is 44.0 Å². The van der Waals surface area contributed by atoms with Crippen molar-refractivity contribution in [2.45, 2.75) is 18.9 Å². The molecule has 1 atom stereocenters. The number of aliphatic hydroxyl groups excluding tert-OH is 1. The largest absolute Gasteiger partial charge is 0.378 e. The number of rotatable bonds is 2. The maximum absolute atomic E-state index is 8.46. The van der Waals surface area contributed by atoms with Crippen LogP contribution in [0.15, 0.2) is 0 Å². The molecule has 0 bridgehead atoms. The fourth-order valence-corrected chi connectivity index (χ4v) is 0.258. The minimum absolute atomic E-state index is 0.483. The Morgan fingerprint density at radius 2 is 2.43 bits per heavy atom. The minimum Gasteiger partial charge on any atom is -0.378 e. The molecule has 0 aliphatic carbocycles. The Kier molecular flexibility index (Phi) is 3.35. The van der Waals surface area contributed by atoms with Gasteiger partial charge in [0.1, 0.15) is 6.10 Å². The highest BCUT2D eigenvalue weighted by atomic mass is 16.3. The van der Waals surface area contributed by atoms with Gasteiger partial charge in [0, 0.05) is 0 Å². The van der Waals surface area contributed by atoms with Gasteiger partial charge in [-0.05, 0) is 12.8 Å². The molecule has 7 heavy (non-hydrogen) atoms. The van der Waals surface area contributed by atoms with E-state index in [1.54, 1.807) is 6.07 Å². The van der Waals surface area contributed by atoms with Crippen LogP contribution in [-0.2, 0) is 0 Å². The Labute approximate surface area is 43.4 Å². The molecule has 0 aliphatic heterocycles. The van der Waals surface area contributed by atoms with E-state index in [-0.39, 0.29) is 0 Å². The lowest BCUT2D eigenvalue weighted by Crippen LogP contribution is -1.99. The van der Waals surface area contributed by atoms with Crippen molar-refractivity contribution in [3.8, 4) is 6.07 Å². The summed E-state index contributed by atoms with van der Waals surface area (Å²) in [6, 6.07) is 1.68. The fraction of sp³-hybridized carbons (Fsp3) is 0.600. The Hall–Kier alpha value is -0.550. The molecule has 0 saturated carbocycles. The number of nitriles is 1. The van der Waals surface area contributed by atoms with Crippen LogP contribution in [-0.4, -0.2) is 11.2 Å². The van der Waals surface area contributed by atoms with Gasteiger partial charge >= 0.3 is 0 Å². The predicted octanol–water partition coefficient (Wildman–Crippen LogP) is 0.485. The molecule has 0 fully saturated rings. The normalized spacial score (nSPS) is 12.7. The van der Waals surface area contributed by atoms with E-state index in [0.29, 0.717) is 12.8 Å². The number of nitrogens with zero attached hydrogens (tertiary/aromatic N) is 1. The zero-order valence-electron chi connectivity index (χ0n) is 4.09.